The Kier molecular flexibility index (Phi) is 5.97. The van der Waals surface area contributed by atoms with Crippen LogP contribution in [0.15, 0.2) is 18.2 Å². The Labute approximate surface area is 128 Å². The molecule has 1 heterocycles. The van der Waals surface area contributed by atoms with Gasteiger partial charge >= 0.3 is 0 Å². The Bertz CT molecular complexity index is 469. The Morgan fingerprint density at radius 3 is 2.90 bits per heavy atom. The van der Waals surface area contributed by atoms with E-state index in [2.05, 4.69) is 10.6 Å². The molecule has 0 saturated carbocycles. The van der Waals surface area contributed by atoms with E-state index in [9.17, 15) is 4.39 Å². The fraction of sp³-hybridized carbons (Fsp3) is 0.462. The van der Waals surface area contributed by atoms with Gasteiger partial charge in [0.05, 0.1) is 32.0 Å². The highest BCUT2D eigenvalue weighted by Crippen LogP contribution is 2.19. The van der Waals surface area contributed by atoms with E-state index in [0.29, 0.717) is 10.1 Å². The third kappa shape index (κ3) is 4.86. The van der Waals surface area contributed by atoms with E-state index in [0.717, 1.165) is 39.4 Å². The third-order valence-corrected chi connectivity index (χ3v) is 3.62. The molecule has 0 aliphatic carbocycles. The summed E-state index contributed by atoms with van der Waals surface area (Å²) >= 11 is 11.0. The molecule has 0 unspecified atom stereocenters. The minimum absolute atomic E-state index is 0.286. The van der Waals surface area contributed by atoms with Crippen LogP contribution in [-0.2, 0) is 4.74 Å². The molecule has 110 valence electrons. The van der Waals surface area contributed by atoms with E-state index in [1.165, 1.54) is 23.1 Å². The molecule has 0 bridgehead atoms. The van der Waals surface area contributed by atoms with Crippen LogP contribution >= 0.6 is 23.8 Å². The number of benzene rings is 1. The van der Waals surface area contributed by atoms with Crippen molar-refractivity contribution in [2.24, 2.45) is 0 Å². The van der Waals surface area contributed by atoms with Gasteiger partial charge in [0, 0.05) is 5.02 Å². The van der Waals surface area contributed by atoms with Gasteiger partial charge in [-0.15, -0.1) is 0 Å². The zero-order valence-electron chi connectivity index (χ0n) is 11.0. The van der Waals surface area contributed by atoms with Crippen LogP contribution in [0.4, 0.5) is 10.1 Å². The Balaban J connectivity index is 1.73. The summed E-state index contributed by atoms with van der Waals surface area (Å²) in [5.41, 5.74) is 0.286. The van der Waals surface area contributed by atoms with Crippen molar-refractivity contribution in [3.8, 4) is 0 Å². The van der Waals surface area contributed by atoms with Crippen molar-refractivity contribution in [3.63, 3.8) is 0 Å². The molecule has 0 aromatic heterocycles. The number of thiocarbonyl (C=S) groups is 1. The van der Waals surface area contributed by atoms with Crippen LogP contribution in [0.2, 0.25) is 5.02 Å². The maximum Gasteiger partial charge on any atom is 0.171 e. The molecule has 1 aromatic rings. The topological polar surface area (TPSA) is 37.7 Å². The quantitative estimate of drug-likeness (QED) is 0.714. The summed E-state index contributed by atoms with van der Waals surface area (Å²) in [6, 6.07) is 4.32. The van der Waals surface area contributed by atoms with Crippen molar-refractivity contribution < 1.29 is 14.0 Å². The number of rotatable bonds is 4. The monoisotopic (exact) mass is 318 g/mol. The van der Waals surface area contributed by atoms with Crippen molar-refractivity contribution in [1.82, 2.24) is 5.32 Å². The van der Waals surface area contributed by atoms with Crippen LogP contribution in [0.25, 0.3) is 0 Å². The Hall–Kier alpha value is -0.950. The molecule has 3 N–H and O–H groups in total. The number of morpholine rings is 1. The average molecular weight is 319 g/mol. The molecule has 0 spiro atoms. The first-order valence-corrected chi connectivity index (χ1v) is 7.35. The second-order valence-corrected chi connectivity index (χ2v) is 5.46. The molecular formula is C13H18ClFN3OS+. The molecule has 0 atom stereocenters. The SMILES string of the molecule is Fc1ccc(Cl)cc1NC(=S)NCC[NH+]1CCOCC1. The molecule has 2 rings (SSSR count). The molecule has 0 amide bonds. The van der Waals surface area contributed by atoms with Crippen LogP contribution in [-0.4, -0.2) is 44.5 Å². The summed E-state index contributed by atoms with van der Waals surface area (Å²) in [5, 5.41) is 6.76. The highest BCUT2D eigenvalue weighted by Gasteiger charge is 2.13. The molecule has 1 aliphatic heterocycles. The summed E-state index contributed by atoms with van der Waals surface area (Å²) in [7, 11) is 0. The lowest BCUT2D eigenvalue weighted by Crippen LogP contribution is -3.14. The van der Waals surface area contributed by atoms with E-state index in [1.807, 2.05) is 0 Å². The zero-order valence-corrected chi connectivity index (χ0v) is 12.6. The highest BCUT2D eigenvalue weighted by molar-refractivity contribution is 7.80. The van der Waals surface area contributed by atoms with Crippen molar-refractivity contribution >= 4 is 34.6 Å². The van der Waals surface area contributed by atoms with E-state index in [-0.39, 0.29) is 11.5 Å². The summed E-state index contributed by atoms with van der Waals surface area (Å²) < 4.78 is 18.8. The Morgan fingerprint density at radius 1 is 1.40 bits per heavy atom. The predicted octanol–water partition coefficient (Wildman–Crippen LogP) is 0.681. The van der Waals surface area contributed by atoms with Crippen LogP contribution in [0.5, 0.6) is 0 Å². The van der Waals surface area contributed by atoms with Crippen LogP contribution in [0.3, 0.4) is 0 Å². The number of halogens is 2. The molecule has 20 heavy (non-hydrogen) atoms. The van der Waals surface area contributed by atoms with Crippen molar-refractivity contribution in [3.05, 3.63) is 29.0 Å². The summed E-state index contributed by atoms with van der Waals surface area (Å²) in [6.45, 7) is 5.36. The third-order valence-electron chi connectivity index (χ3n) is 3.14. The van der Waals surface area contributed by atoms with E-state index >= 15 is 0 Å². The van der Waals surface area contributed by atoms with Gasteiger partial charge < -0.3 is 20.3 Å². The second-order valence-electron chi connectivity index (χ2n) is 4.62. The number of hydrogen-bond donors (Lipinski definition) is 3. The molecule has 0 radical (unpaired) electrons. The standard InChI is InChI=1S/C13H17ClFN3OS/c14-10-1-2-11(15)12(9-10)17-13(20)16-3-4-18-5-7-19-8-6-18/h1-2,9H,3-8H2,(H2,16,17,20)/p+1. The Morgan fingerprint density at radius 2 is 2.15 bits per heavy atom. The highest BCUT2D eigenvalue weighted by atomic mass is 35.5. The van der Waals surface area contributed by atoms with Gasteiger partial charge in [0.1, 0.15) is 18.9 Å². The fourth-order valence-corrected chi connectivity index (χ4v) is 2.41. The van der Waals surface area contributed by atoms with Gasteiger partial charge in [-0.3, -0.25) is 0 Å². The summed E-state index contributed by atoms with van der Waals surface area (Å²) in [6.07, 6.45) is 0. The number of ether oxygens (including phenoxy) is 1. The molecule has 7 heteroatoms. The van der Waals surface area contributed by atoms with Crippen molar-refractivity contribution in [2.45, 2.75) is 0 Å². The van der Waals surface area contributed by atoms with Crippen molar-refractivity contribution in [1.29, 1.82) is 0 Å². The largest absolute Gasteiger partial charge is 0.370 e. The van der Waals surface area contributed by atoms with Gasteiger partial charge in [0.2, 0.25) is 0 Å². The fourth-order valence-electron chi connectivity index (χ4n) is 2.02. The second kappa shape index (κ2) is 7.73. The van der Waals surface area contributed by atoms with Gasteiger partial charge in [-0.25, -0.2) is 4.39 Å². The minimum atomic E-state index is -0.377. The maximum atomic E-state index is 13.5. The number of nitrogens with one attached hydrogen (secondary N) is 3. The van der Waals surface area contributed by atoms with E-state index in [1.54, 1.807) is 0 Å². The molecule has 1 saturated heterocycles. The van der Waals surface area contributed by atoms with Crippen LogP contribution in [0, 0.1) is 5.82 Å². The predicted molar refractivity (Wildman–Crippen MR) is 82.0 cm³/mol. The normalized spacial score (nSPS) is 15.9. The molecule has 4 nitrogen and oxygen atoms in total. The van der Waals surface area contributed by atoms with Gasteiger partial charge in [0.25, 0.3) is 0 Å². The first-order valence-electron chi connectivity index (χ1n) is 6.56. The smallest absolute Gasteiger partial charge is 0.171 e. The lowest BCUT2D eigenvalue weighted by molar-refractivity contribution is -0.906. The lowest BCUT2D eigenvalue weighted by atomic mass is 10.3. The first-order chi connectivity index (χ1) is 9.65. The number of anilines is 1. The number of quaternary nitrogens is 1. The number of hydrogen-bond acceptors (Lipinski definition) is 2. The molecular weight excluding hydrogens is 301 g/mol. The van der Waals surface area contributed by atoms with Gasteiger partial charge in [-0.2, -0.15) is 0 Å². The van der Waals surface area contributed by atoms with Crippen molar-refractivity contribution in [2.75, 3.05) is 44.7 Å². The van der Waals surface area contributed by atoms with E-state index in [4.69, 9.17) is 28.6 Å². The average Bonchev–Trinajstić information content (AvgIpc) is 2.44. The minimum Gasteiger partial charge on any atom is -0.370 e. The summed E-state index contributed by atoms with van der Waals surface area (Å²) in [5.74, 6) is -0.377. The first kappa shape index (κ1) is 15.4. The maximum absolute atomic E-state index is 13.5. The molecule has 1 fully saturated rings. The van der Waals surface area contributed by atoms with E-state index < -0.39 is 0 Å². The van der Waals surface area contributed by atoms with Crippen LogP contribution < -0.4 is 15.5 Å². The molecule has 1 aliphatic rings. The summed E-state index contributed by atoms with van der Waals surface area (Å²) in [4.78, 5) is 1.49. The zero-order chi connectivity index (χ0) is 14.4. The van der Waals surface area contributed by atoms with Gasteiger partial charge in [-0.05, 0) is 30.4 Å². The lowest BCUT2D eigenvalue weighted by Gasteiger charge is -2.24. The van der Waals surface area contributed by atoms with Crippen LogP contribution in [0.1, 0.15) is 0 Å². The van der Waals surface area contributed by atoms with Gasteiger partial charge in [0.15, 0.2) is 5.11 Å². The van der Waals surface area contributed by atoms with Gasteiger partial charge in [-0.1, -0.05) is 11.6 Å². The molecule has 1 aromatic carbocycles.